The van der Waals surface area contributed by atoms with Crippen molar-refractivity contribution in [3.05, 3.63) is 29.8 Å². The van der Waals surface area contributed by atoms with Crippen LogP contribution in [-0.4, -0.2) is 20.2 Å². The first kappa shape index (κ1) is 13.0. The summed E-state index contributed by atoms with van der Waals surface area (Å²) in [4.78, 5) is 0. The number of ether oxygens (including phenoxy) is 1. The summed E-state index contributed by atoms with van der Waals surface area (Å²) in [5.74, 6) is 1.74. The number of benzene rings is 1. The Morgan fingerprint density at radius 3 is 2.81 bits per heavy atom. The van der Waals surface area contributed by atoms with Crippen molar-refractivity contribution < 1.29 is 4.74 Å². The van der Waals surface area contributed by atoms with Gasteiger partial charge in [-0.25, -0.2) is 0 Å². The maximum absolute atomic E-state index is 5.63. The Morgan fingerprint density at radius 2 is 2.12 bits per heavy atom. The van der Waals surface area contributed by atoms with Gasteiger partial charge in [0.25, 0.3) is 0 Å². The summed E-state index contributed by atoms with van der Waals surface area (Å²) in [5.41, 5.74) is 1.37. The van der Waals surface area contributed by atoms with Gasteiger partial charge in [0.1, 0.15) is 12.4 Å². The third-order valence-electron chi connectivity index (χ3n) is 2.53. The van der Waals surface area contributed by atoms with Crippen LogP contribution in [0.2, 0.25) is 0 Å². The normalized spacial score (nSPS) is 10.8. The molecular weight excluding hydrogens is 198 g/mol. The maximum atomic E-state index is 5.63. The first-order valence-electron chi connectivity index (χ1n) is 6.08. The molecule has 0 fully saturated rings. The highest BCUT2D eigenvalue weighted by atomic mass is 16.5. The predicted molar refractivity (Wildman–Crippen MR) is 69.0 cm³/mol. The topological polar surface area (TPSA) is 21.3 Å². The highest BCUT2D eigenvalue weighted by molar-refractivity contribution is 5.28. The Balaban J connectivity index is 2.43. The van der Waals surface area contributed by atoms with Gasteiger partial charge in [-0.15, -0.1) is 0 Å². The molecule has 0 atom stereocenters. The van der Waals surface area contributed by atoms with Crippen molar-refractivity contribution in [3.8, 4) is 5.75 Å². The van der Waals surface area contributed by atoms with Crippen LogP contribution in [0.5, 0.6) is 5.75 Å². The van der Waals surface area contributed by atoms with Gasteiger partial charge in [0.05, 0.1) is 0 Å². The fraction of sp³-hybridized carbons (Fsp3) is 0.571. The molecule has 2 nitrogen and oxygen atoms in total. The van der Waals surface area contributed by atoms with Crippen LogP contribution in [0.3, 0.4) is 0 Å². The van der Waals surface area contributed by atoms with Gasteiger partial charge in [-0.3, -0.25) is 0 Å². The minimum Gasteiger partial charge on any atom is -0.492 e. The lowest BCUT2D eigenvalue weighted by Gasteiger charge is -2.08. The Bertz CT molecular complexity index is 297. The molecule has 0 saturated heterocycles. The fourth-order valence-electron chi connectivity index (χ4n) is 1.52. The summed E-state index contributed by atoms with van der Waals surface area (Å²) in [7, 11) is 1.93. The van der Waals surface area contributed by atoms with E-state index in [1.807, 2.05) is 13.1 Å². The predicted octanol–water partition coefficient (Wildman–Crippen LogP) is 2.87. The molecule has 1 aromatic rings. The van der Waals surface area contributed by atoms with E-state index in [9.17, 15) is 0 Å². The standard InChI is InChI=1S/C14H23NO/c1-12(2)7-8-13-5-4-6-14(11-13)16-10-9-15-3/h4-6,11-12,15H,7-10H2,1-3H3. The van der Waals surface area contributed by atoms with Crippen LogP contribution < -0.4 is 10.1 Å². The van der Waals surface area contributed by atoms with E-state index < -0.39 is 0 Å². The Kier molecular flexibility index (Phi) is 5.94. The van der Waals surface area contributed by atoms with Gasteiger partial charge in [-0.2, -0.15) is 0 Å². The minimum absolute atomic E-state index is 0.726. The SMILES string of the molecule is CNCCOc1cccc(CCC(C)C)c1. The van der Waals surface area contributed by atoms with Gasteiger partial charge < -0.3 is 10.1 Å². The number of nitrogens with one attached hydrogen (secondary N) is 1. The second kappa shape index (κ2) is 7.29. The van der Waals surface area contributed by atoms with E-state index in [0.29, 0.717) is 0 Å². The summed E-state index contributed by atoms with van der Waals surface area (Å²) >= 11 is 0. The van der Waals surface area contributed by atoms with Gasteiger partial charge in [-0.1, -0.05) is 26.0 Å². The monoisotopic (exact) mass is 221 g/mol. The van der Waals surface area contributed by atoms with Crippen molar-refractivity contribution in [3.63, 3.8) is 0 Å². The van der Waals surface area contributed by atoms with E-state index in [-0.39, 0.29) is 0 Å². The van der Waals surface area contributed by atoms with E-state index in [0.717, 1.165) is 31.2 Å². The quantitative estimate of drug-likeness (QED) is 0.715. The Labute approximate surface area is 99.0 Å². The second-order valence-corrected chi connectivity index (χ2v) is 4.53. The third kappa shape index (κ3) is 5.17. The van der Waals surface area contributed by atoms with Gasteiger partial charge in [0, 0.05) is 6.54 Å². The maximum Gasteiger partial charge on any atom is 0.119 e. The number of hydrogen-bond donors (Lipinski definition) is 1. The van der Waals surface area contributed by atoms with Crippen molar-refractivity contribution >= 4 is 0 Å². The molecule has 0 amide bonds. The summed E-state index contributed by atoms with van der Waals surface area (Å²) in [6.07, 6.45) is 2.38. The van der Waals surface area contributed by atoms with E-state index in [1.54, 1.807) is 0 Å². The molecule has 0 saturated carbocycles. The highest BCUT2D eigenvalue weighted by Crippen LogP contribution is 2.16. The smallest absolute Gasteiger partial charge is 0.119 e. The molecule has 0 aliphatic heterocycles. The molecule has 1 N–H and O–H groups in total. The Hall–Kier alpha value is -1.02. The van der Waals surface area contributed by atoms with E-state index in [1.165, 1.54) is 12.0 Å². The van der Waals surface area contributed by atoms with Gasteiger partial charge in [0.15, 0.2) is 0 Å². The average molecular weight is 221 g/mol. The molecule has 0 radical (unpaired) electrons. The number of hydrogen-bond acceptors (Lipinski definition) is 2. The van der Waals surface area contributed by atoms with Crippen molar-refractivity contribution in [2.45, 2.75) is 26.7 Å². The molecule has 0 bridgehead atoms. The molecule has 16 heavy (non-hydrogen) atoms. The summed E-state index contributed by atoms with van der Waals surface area (Å²) in [5, 5.41) is 3.07. The summed E-state index contributed by atoms with van der Waals surface area (Å²) in [6.45, 7) is 6.13. The zero-order chi connectivity index (χ0) is 11.8. The van der Waals surface area contributed by atoms with Crippen LogP contribution >= 0.6 is 0 Å². The molecule has 0 aromatic heterocycles. The molecule has 0 heterocycles. The zero-order valence-electron chi connectivity index (χ0n) is 10.6. The van der Waals surface area contributed by atoms with Crippen LogP contribution in [0.25, 0.3) is 0 Å². The molecule has 0 aliphatic carbocycles. The molecule has 2 heteroatoms. The van der Waals surface area contributed by atoms with Crippen molar-refractivity contribution in [2.75, 3.05) is 20.2 Å². The van der Waals surface area contributed by atoms with E-state index >= 15 is 0 Å². The molecule has 0 unspecified atom stereocenters. The first-order chi connectivity index (χ1) is 7.72. The van der Waals surface area contributed by atoms with E-state index in [4.69, 9.17) is 4.74 Å². The number of aryl methyl sites for hydroxylation is 1. The minimum atomic E-state index is 0.726. The van der Waals surface area contributed by atoms with Crippen LogP contribution in [0.4, 0.5) is 0 Å². The molecule has 0 spiro atoms. The third-order valence-corrected chi connectivity index (χ3v) is 2.53. The van der Waals surface area contributed by atoms with Gasteiger partial charge in [0.2, 0.25) is 0 Å². The fourth-order valence-corrected chi connectivity index (χ4v) is 1.52. The van der Waals surface area contributed by atoms with Gasteiger partial charge in [-0.05, 0) is 43.5 Å². The molecule has 0 aliphatic rings. The van der Waals surface area contributed by atoms with Crippen LogP contribution in [-0.2, 0) is 6.42 Å². The molecule has 90 valence electrons. The van der Waals surface area contributed by atoms with Crippen molar-refractivity contribution in [2.24, 2.45) is 5.92 Å². The molecular formula is C14H23NO. The number of likely N-dealkylation sites (N-methyl/N-ethyl adjacent to an activating group) is 1. The lowest BCUT2D eigenvalue weighted by molar-refractivity contribution is 0.318. The summed E-state index contributed by atoms with van der Waals surface area (Å²) in [6, 6.07) is 8.42. The summed E-state index contributed by atoms with van der Waals surface area (Å²) < 4.78 is 5.63. The molecule has 1 rings (SSSR count). The first-order valence-corrected chi connectivity index (χ1v) is 6.08. The largest absolute Gasteiger partial charge is 0.492 e. The van der Waals surface area contributed by atoms with Crippen molar-refractivity contribution in [1.29, 1.82) is 0 Å². The second-order valence-electron chi connectivity index (χ2n) is 4.53. The zero-order valence-corrected chi connectivity index (χ0v) is 10.6. The van der Waals surface area contributed by atoms with E-state index in [2.05, 4.69) is 37.4 Å². The average Bonchev–Trinajstić information content (AvgIpc) is 2.27. The lowest BCUT2D eigenvalue weighted by atomic mass is 10.0. The van der Waals surface area contributed by atoms with Crippen LogP contribution in [0.1, 0.15) is 25.8 Å². The molecule has 1 aromatic carbocycles. The highest BCUT2D eigenvalue weighted by Gasteiger charge is 1.99. The Morgan fingerprint density at radius 1 is 1.31 bits per heavy atom. The van der Waals surface area contributed by atoms with Crippen LogP contribution in [0, 0.1) is 5.92 Å². The van der Waals surface area contributed by atoms with Crippen LogP contribution in [0.15, 0.2) is 24.3 Å². The van der Waals surface area contributed by atoms with Gasteiger partial charge >= 0.3 is 0 Å². The lowest BCUT2D eigenvalue weighted by Crippen LogP contribution is -2.15. The number of rotatable bonds is 7. The van der Waals surface area contributed by atoms with Crippen molar-refractivity contribution in [1.82, 2.24) is 5.32 Å².